The fraction of sp³-hybridized carbons (Fsp3) is 0.500. The van der Waals surface area contributed by atoms with E-state index in [9.17, 15) is 4.79 Å². The molecule has 84 valence electrons. The van der Waals surface area contributed by atoms with Gasteiger partial charge in [-0.1, -0.05) is 29.9 Å². The molecular weight excluding hydrogens is 198 g/mol. The van der Waals surface area contributed by atoms with Crippen molar-refractivity contribution in [1.82, 2.24) is 5.32 Å². The normalized spacial score (nSPS) is 37.4. The van der Waals surface area contributed by atoms with Gasteiger partial charge in [0.15, 0.2) is 5.78 Å². The van der Waals surface area contributed by atoms with Crippen LogP contribution in [0, 0.1) is 11.8 Å². The number of carbonyl (C=O) groups excluding carboxylic acids is 1. The lowest BCUT2D eigenvalue weighted by Gasteiger charge is -2.39. The molecular formula is C14H17NO. The number of allylic oxidation sites excluding steroid dienone is 3. The second-order valence-corrected chi connectivity index (χ2v) is 4.90. The first-order valence-electron chi connectivity index (χ1n) is 6.17. The molecule has 2 aliphatic carbocycles. The number of fused-ring (bicyclic) bond motifs is 3. The van der Waals surface area contributed by atoms with Gasteiger partial charge in [0, 0.05) is 12.5 Å². The Morgan fingerprint density at radius 2 is 2.25 bits per heavy atom. The second-order valence-electron chi connectivity index (χ2n) is 4.90. The third-order valence-electron chi connectivity index (χ3n) is 3.99. The Morgan fingerprint density at radius 3 is 3.19 bits per heavy atom. The van der Waals surface area contributed by atoms with Crippen LogP contribution in [-0.2, 0) is 4.79 Å². The summed E-state index contributed by atoms with van der Waals surface area (Å²) < 4.78 is 0. The smallest absolute Gasteiger partial charge is 0.173 e. The number of carbonyl (C=O) groups is 1. The number of nitrogens with one attached hydrogen (secondary N) is 1. The van der Waals surface area contributed by atoms with E-state index in [1.807, 2.05) is 12.2 Å². The van der Waals surface area contributed by atoms with Crippen LogP contribution in [0.1, 0.15) is 19.3 Å². The van der Waals surface area contributed by atoms with Gasteiger partial charge >= 0.3 is 0 Å². The molecule has 0 bridgehead atoms. The lowest BCUT2D eigenvalue weighted by atomic mass is 9.72. The van der Waals surface area contributed by atoms with E-state index in [4.69, 9.17) is 0 Å². The van der Waals surface area contributed by atoms with Gasteiger partial charge in [-0.15, -0.1) is 0 Å². The lowest BCUT2D eigenvalue weighted by Crippen LogP contribution is -2.50. The zero-order valence-corrected chi connectivity index (χ0v) is 9.36. The minimum Gasteiger partial charge on any atom is -0.303 e. The quantitative estimate of drug-likeness (QED) is 0.626. The minimum atomic E-state index is 0.00949. The highest BCUT2D eigenvalue weighted by molar-refractivity contribution is 5.95. The third-order valence-corrected chi connectivity index (χ3v) is 3.99. The van der Waals surface area contributed by atoms with Crippen molar-refractivity contribution in [2.45, 2.75) is 25.3 Å². The average molecular weight is 215 g/mol. The number of hydrogen-bond donors (Lipinski definition) is 1. The van der Waals surface area contributed by atoms with Crippen LogP contribution in [0.25, 0.3) is 0 Å². The van der Waals surface area contributed by atoms with Crippen molar-refractivity contribution in [2.24, 2.45) is 11.8 Å². The van der Waals surface area contributed by atoms with Crippen LogP contribution >= 0.6 is 0 Å². The molecule has 1 N–H and O–H groups in total. The summed E-state index contributed by atoms with van der Waals surface area (Å²) in [7, 11) is 0. The average Bonchev–Trinajstić information content (AvgIpc) is 2.52. The maximum Gasteiger partial charge on any atom is 0.173 e. The molecule has 1 aliphatic heterocycles. The first-order valence-corrected chi connectivity index (χ1v) is 6.17. The molecule has 0 aromatic rings. The van der Waals surface area contributed by atoms with Crippen molar-refractivity contribution in [2.75, 3.05) is 6.54 Å². The van der Waals surface area contributed by atoms with E-state index in [-0.39, 0.29) is 11.8 Å². The van der Waals surface area contributed by atoms with Crippen molar-refractivity contribution in [3.05, 3.63) is 36.0 Å². The minimum absolute atomic E-state index is 0.00949. The SMILES string of the molecule is O=C1C=CC=CC2C3CCCC=C3CNC12. The van der Waals surface area contributed by atoms with Gasteiger partial charge in [-0.05, 0) is 31.3 Å². The van der Waals surface area contributed by atoms with Gasteiger partial charge < -0.3 is 5.32 Å². The van der Waals surface area contributed by atoms with Gasteiger partial charge in [-0.2, -0.15) is 0 Å². The molecule has 0 aromatic heterocycles. The van der Waals surface area contributed by atoms with Crippen molar-refractivity contribution >= 4 is 5.78 Å². The van der Waals surface area contributed by atoms with Gasteiger partial charge in [0.05, 0.1) is 6.04 Å². The highest BCUT2D eigenvalue weighted by Crippen LogP contribution is 2.37. The molecule has 3 atom stereocenters. The van der Waals surface area contributed by atoms with E-state index >= 15 is 0 Å². The van der Waals surface area contributed by atoms with Crippen molar-refractivity contribution in [3.63, 3.8) is 0 Å². The Hall–Kier alpha value is -1.15. The molecule has 1 fully saturated rings. The molecule has 0 saturated carbocycles. The van der Waals surface area contributed by atoms with E-state index in [1.54, 1.807) is 6.08 Å². The standard InChI is InChI=1S/C14H17NO/c16-13-8-4-3-7-12-11-6-2-1-5-10(11)9-15-14(12)13/h3-5,7-8,11-12,14-15H,1-2,6,9H2. The summed E-state index contributed by atoms with van der Waals surface area (Å²) in [6, 6.07) is 0.00949. The molecule has 3 unspecified atom stereocenters. The largest absolute Gasteiger partial charge is 0.303 e. The van der Waals surface area contributed by atoms with Crippen LogP contribution in [0.3, 0.4) is 0 Å². The summed E-state index contributed by atoms with van der Waals surface area (Å²) in [6.45, 7) is 0.902. The Bertz CT molecular complexity index is 392. The Kier molecular flexibility index (Phi) is 2.52. The maximum absolute atomic E-state index is 11.9. The summed E-state index contributed by atoms with van der Waals surface area (Å²) in [5, 5.41) is 3.39. The van der Waals surface area contributed by atoms with E-state index in [1.165, 1.54) is 24.8 Å². The molecule has 3 rings (SSSR count). The van der Waals surface area contributed by atoms with E-state index in [0.29, 0.717) is 11.8 Å². The van der Waals surface area contributed by atoms with Gasteiger partial charge in [-0.25, -0.2) is 0 Å². The lowest BCUT2D eigenvalue weighted by molar-refractivity contribution is -0.118. The Balaban J connectivity index is 1.94. The van der Waals surface area contributed by atoms with E-state index in [0.717, 1.165) is 6.54 Å². The van der Waals surface area contributed by atoms with Crippen LogP contribution in [0.4, 0.5) is 0 Å². The fourth-order valence-electron chi connectivity index (χ4n) is 3.18. The number of ketones is 1. The summed E-state index contributed by atoms with van der Waals surface area (Å²) in [5.41, 5.74) is 1.52. The topological polar surface area (TPSA) is 29.1 Å². The predicted octanol–water partition coefficient (Wildman–Crippen LogP) is 2.00. The summed E-state index contributed by atoms with van der Waals surface area (Å²) in [6.07, 6.45) is 13.9. The van der Waals surface area contributed by atoms with Crippen molar-refractivity contribution in [3.8, 4) is 0 Å². The molecule has 1 saturated heterocycles. The van der Waals surface area contributed by atoms with E-state index in [2.05, 4.69) is 17.5 Å². The third kappa shape index (κ3) is 1.57. The van der Waals surface area contributed by atoms with Crippen molar-refractivity contribution < 1.29 is 4.79 Å². The molecule has 2 heteroatoms. The highest BCUT2D eigenvalue weighted by atomic mass is 16.1. The number of piperidine rings is 1. The Labute approximate surface area is 96.1 Å². The van der Waals surface area contributed by atoms with E-state index < -0.39 is 0 Å². The summed E-state index contributed by atoms with van der Waals surface area (Å²) >= 11 is 0. The van der Waals surface area contributed by atoms with Crippen LogP contribution in [0.5, 0.6) is 0 Å². The number of rotatable bonds is 0. The second kappa shape index (κ2) is 4.02. The van der Waals surface area contributed by atoms with Crippen LogP contribution in [0.15, 0.2) is 36.0 Å². The molecule has 16 heavy (non-hydrogen) atoms. The molecule has 0 aromatic carbocycles. The predicted molar refractivity (Wildman–Crippen MR) is 64.0 cm³/mol. The molecule has 1 heterocycles. The molecule has 2 nitrogen and oxygen atoms in total. The van der Waals surface area contributed by atoms with Crippen molar-refractivity contribution in [1.29, 1.82) is 0 Å². The Morgan fingerprint density at radius 1 is 1.31 bits per heavy atom. The maximum atomic E-state index is 11.9. The van der Waals surface area contributed by atoms with Gasteiger partial charge in [0.1, 0.15) is 0 Å². The molecule has 0 radical (unpaired) electrons. The van der Waals surface area contributed by atoms with Crippen LogP contribution in [-0.4, -0.2) is 18.4 Å². The fourth-order valence-corrected chi connectivity index (χ4v) is 3.18. The van der Waals surface area contributed by atoms with Crippen LogP contribution in [0.2, 0.25) is 0 Å². The zero-order chi connectivity index (χ0) is 11.0. The highest BCUT2D eigenvalue weighted by Gasteiger charge is 2.38. The monoisotopic (exact) mass is 215 g/mol. The van der Waals surface area contributed by atoms with Gasteiger partial charge in [-0.3, -0.25) is 4.79 Å². The van der Waals surface area contributed by atoms with Gasteiger partial charge in [0.2, 0.25) is 0 Å². The molecule has 3 aliphatic rings. The van der Waals surface area contributed by atoms with Gasteiger partial charge in [0.25, 0.3) is 0 Å². The molecule has 0 spiro atoms. The summed E-state index contributed by atoms with van der Waals surface area (Å²) in [4.78, 5) is 11.9. The summed E-state index contributed by atoms with van der Waals surface area (Å²) in [5.74, 6) is 1.20. The number of hydrogen-bond acceptors (Lipinski definition) is 2. The zero-order valence-electron chi connectivity index (χ0n) is 9.36. The molecule has 0 amide bonds. The first kappa shape index (κ1) is 10.0. The van der Waals surface area contributed by atoms with Crippen LogP contribution < -0.4 is 5.32 Å². The first-order chi connectivity index (χ1) is 7.86.